The fourth-order valence-corrected chi connectivity index (χ4v) is 3.43. The van der Waals surface area contributed by atoms with E-state index in [-0.39, 0.29) is 18.2 Å². The maximum Gasteiger partial charge on any atom is 0.410 e. The van der Waals surface area contributed by atoms with Crippen molar-refractivity contribution < 1.29 is 23.9 Å². The minimum atomic E-state index is -0.584. The molecule has 2 atom stereocenters. The van der Waals surface area contributed by atoms with E-state index in [4.69, 9.17) is 9.47 Å². The van der Waals surface area contributed by atoms with Crippen LogP contribution >= 0.6 is 15.9 Å². The van der Waals surface area contributed by atoms with Gasteiger partial charge in [0, 0.05) is 17.6 Å². The number of carbonyl (C=O) groups is 3. The second-order valence-electron chi connectivity index (χ2n) is 8.16. The van der Waals surface area contributed by atoms with Crippen LogP contribution < -0.4 is 5.32 Å². The predicted molar refractivity (Wildman–Crippen MR) is 112 cm³/mol. The molecule has 7 nitrogen and oxygen atoms in total. The highest BCUT2D eigenvalue weighted by molar-refractivity contribution is 9.10. The molecule has 2 rings (SSSR count). The highest BCUT2D eigenvalue weighted by Crippen LogP contribution is 2.24. The highest BCUT2D eigenvalue weighted by Gasteiger charge is 2.32. The van der Waals surface area contributed by atoms with Gasteiger partial charge in [-0.05, 0) is 51.3 Å². The Morgan fingerprint density at radius 2 is 1.90 bits per heavy atom. The van der Waals surface area contributed by atoms with E-state index in [1.807, 2.05) is 45.0 Å². The zero-order valence-corrected chi connectivity index (χ0v) is 19.0. The number of amides is 2. The van der Waals surface area contributed by atoms with Gasteiger partial charge >= 0.3 is 12.1 Å². The molecule has 0 spiro atoms. The number of piperidine rings is 1. The number of carbonyl (C=O) groups excluding carboxylic acids is 3. The van der Waals surface area contributed by atoms with E-state index in [1.165, 1.54) is 7.11 Å². The molecule has 1 fully saturated rings. The first-order valence-corrected chi connectivity index (χ1v) is 10.5. The zero-order chi connectivity index (χ0) is 21.6. The lowest BCUT2D eigenvalue weighted by atomic mass is 9.96. The lowest BCUT2D eigenvalue weighted by molar-refractivity contribution is -0.141. The summed E-state index contributed by atoms with van der Waals surface area (Å²) in [5, 5.41) is 2.96. The van der Waals surface area contributed by atoms with Crippen molar-refractivity contribution in [2.75, 3.05) is 20.2 Å². The van der Waals surface area contributed by atoms with Crippen LogP contribution in [0.15, 0.2) is 28.7 Å². The molecule has 0 aromatic heterocycles. The Labute approximate surface area is 180 Å². The number of methoxy groups -OCH3 is 1. The van der Waals surface area contributed by atoms with Crippen LogP contribution in [0.2, 0.25) is 0 Å². The summed E-state index contributed by atoms with van der Waals surface area (Å²) >= 11 is 3.38. The van der Waals surface area contributed by atoms with Gasteiger partial charge in [0.1, 0.15) is 5.60 Å². The second-order valence-corrected chi connectivity index (χ2v) is 9.07. The van der Waals surface area contributed by atoms with Gasteiger partial charge in [-0.1, -0.05) is 28.1 Å². The van der Waals surface area contributed by atoms with Gasteiger partial charge in [0.15, 0.2) is 0 Å². The number of hydrogen-bond donors (Lipinski definition) is 1. The summed E-state index contributed by atoms with van der Waals surface area (Å²) in [5.74, 6) is -0.945. The molecule has 0 aliphatic carbocycles. The SMILES string of the molecule is COC(=O)CC(NC(=O)C1CCCN(C(=O)OC(C)(C)C)C1)c1ccc(Br)cc1. The Hall–Kier alpha value is -2.09. The molecule has 1 aromatic carbocycles. The molecule has 1 saturated heterocycles. The Morgan fingerprint density at radius 3 is 2.48 bits per heavy atom. The van der Waals surface area contributed by atoms with Crippen LogP contribution in [-0.2, 0) is 19.1 Å². The summed E-state index contributed by atoms with van der Waals surface area (Å²) in [6.45, 7) is 6.31. The van der Waals surface area contributed by atoms with Crippen LogP contribution in [0.3, 0.4) is 0 Å². The average molecular weight is 469 g/mol. The van der Waals surface area contributed by atoms with Crippen molar-refractivity contribution in [3.63, 3.8) is 0 Å². The van der Waals surface area contributed by atoms with Crippen molar-refractivity contribution in [2.45, 2.75) is 51.7 Å². The van der Waals surface area contributed by atoms with E-state index in [0.29, 0.717) is 19.5 Å². The molecule has 1 heterocycles. The summed E-state index contributed by atoms with van der Waals surface area (Å²) in [5.41, 5.74) is 0.228. The first-order valence-electron chi connectivity index (χ1n) is 9.69. The standard InChI is InChI=1S/C21H29BrN2O5/c1-21(2,3)29-20(27)24-11-5-6-15(13-24)19(26)23-17(12-18(25)28-4)14-7-9-16(22)10-8-14/h7-10,15,17H,5-6,11-13H2,1-4H3,(H,23,26). The van der Waals surface area contributed by atoms with Crippen LogP contribution in [0, 0.1) is 5.92 Å². The van der Waals surface area contributed by atoms with Gasteiger partial charge in [0.2, 0.25) is 5.91 Å². The minimum absolute atomic E-state index is 0.0341. The smallest absolute Gasteiger partial charge is 0.410 e. The van der Waals surface area contributed by atoms with Gasteiger partial charge < -0.3 is 19.7 Å². The molecule has 2 amide bonds. The molecule has 1 aliphatic rings. The molecule has 1 aromatic rings. The van der Waals surface area contributed by atoms with Crippen LogP contribution in [0.4, 0.5) is 4.79 Å². The largest absolute Gasteiger partial charge is 0.469 e. The van der Waals surface area contributed by atoms with E-state index < -0.39 is 23.7 Å². The monoisotopic (exact) mass is 468 g/mol. The summed E-state index contributed by atoms with van der Waals surface area (Å²) in [6, 6.07) is 6.92. The quantitative estimate of drug-likeness (QED) is 0.663. The van der Waals surface area contributed by atoms with E-state index in [2.05, 4.69) is 21.2 Å². The lowest BCUT2D eigenvalue weighted by Gasteiger charge is -2.34. The van der Waals surface area contributed by atoms with Crippen molar-refractivity contribution in [2.24, 2.45) is 5.92 Å². The number of benzene rings is 1. The van der Waals surface area contributed by atoms with Crippen LogP contribution in [0.5, 0.6) is 0 Å². The van der Waals surface area contributed by atoms with Crippen molar-refractivity contribution in [1.82, 2.24) is 10.2 Å². The molecule has 2 unspecified atom stereocenters. The summed E-state index contributed by atoms with van der Waals surface area (Å²) in [6.07, 6.45) is 1.02. The molecular formula is C21H29BrN2O5. The van der Waals surface area contributed by atoms with Crippen LogP contribution in [0.25, 0.3) is 0 Å². The second kappa shape index (κ2) is 10.1. The summed E-state index contributed by atoms with van der Waals surface area (Å²) < 4.78 is 11.1. The third kappa shape index (κ3) is 7.34. The Bertz CT molecular complexity index is 730. The molecule has 0 bridgehead atoms. The van der Waals surface area contributed by atoms with Gasteiger partial charge in [-0.3, -0.25) is 9.59 Å². The zero-order valence-electron chi connectivity index (χ0n) is 17.4. The molecule has 1 N–H and O–H groups in total. The average Bonchev–Trinajstić information content (AvgIpc) is 2.66. The Morgan fingerprint density at radius 1 is 1.24 bits per heavy atom. The van der Waals surface area contributed by atoms with Gasteiger partial charge in [-0.2, -0.15) is 0 Å². The molecule has 0 radical (unpaired) electrons. The van der Waals surface area contributed by atoms with E-state index >= 15 is 0 Å². The first kappa shape index (κ1) is 23.2. The summed E-state index contributed by atoms with van der Waals surface area (Å²) in [4.78, 5) is 38.7. The van der Waals surface area contributed by atoms with Gasteiger partial charge in [-0.15, -0.1) is 0 Å². The number of rotatable bonds is 5. The maximum atomic E-state index is 12.9. The van der Waals surface area contributed by atoms with Crippen molar-refractivity contribution in [3.05, 3.63) is 34.3 Å². The van der Waals surface area contributed by atoms with E-state index in [0.717, 1.165) is 16.5 Å². The molecule has 160 valence electrons. The number of nitrogens with one attached hydrogen (secondary N) is 1. The Balaban J connectivity index is 2.06. The summed E-state index contributed by atoms with van der Waals surface area (Å²) in [7, 11) is 1.32. The lowest BCUT2D eigenvalue weighted by Crippen LogP contribution is -2.47. The van der Waals surface area contributed by atoms with Crippen molar-refractivity contribution in [1.29, 1.82) is 0 Å². The fraction of sp³-hybridized carbons (Fsp3) is 0.571. The van der Waals surface area contributed by atoms with Crippen LogP contribution in [0.1, 0.15) is 51.6 Å². The van der Waals surface area contributed by atoms with E-state index in [9.17, 15) is 14.4 Å². The third-order valence-corrected chi connectivity index (χ3v) is 5.16. The van der Waals surface area contributed by atoms with Crippen molar-refractivity contribution in [3.8, 4) is 0 Å². The van der Waals surface area contributed by atoms with Gasteiger partial charge in [0.05, 0.1) is 25.5 Å². The third-order valence-electron chi connectivity index (χ3n) is 4.63. The van der Waals surface area contributed by atoms with Gasteiger partial charge in [-0.25, -0.2) is 4.79 Å². The van der Waals surface area contributed by atoms with Crippen LogP contribution in [-0.4, -0.2) is 48.7 Å². The minimum Gasteiger partial charge on any atom is -0.469 e. The number of ether oxygens (including phenoxy) is 2. The highest BCUT2D eigenvalue weighted by atomic mass is 79.9. The fourth-order valence-electron chi connectivity index (χ4n) is 3.17. The van der Waals surface area contributed by atoms with Gasteiger partial charge in [0.25, 0.3) is 0 Å². The van der Waals surface area contributed by atoms with E-state index in [1.54, 1.807) is 4.90 Å². The number of nitrogens with zero attached hydrogens (tertiary/aromatic N) is 1. The molecule has 0 saturated carbocycles. The Kier molecular flexibility index (Phi) is 8.07. The van der Waals surface area contributed by atoms with Crippen molar-refractivity contribution >= 4 is 33.9 Å². The number of hydrogen-bond acceptors (Lipinski definition) is 5. The molecule has 29 heavy (non-hydrogen) atoms. The predicted octanol–water partition coefficient (Wildman–Crippen LogP) is 3.82. The molecule has 1 aliphatic heterocycles. The molecular weight excluding hydrogens is 440 g/mol. The first-order chi connectivity index (χ1) is 13.6. The normalized spacial score (nSPS) is 18.0. The topological polar surface area (TPSA) is 84.9 Å². The molecule has 8 heteroatoms. The number of esters is 1. The number of halogens is 1. The number of likely N-dealkylation sites (tertiary alicyclic amines) is 1. The maximum absolute atomic E-state index is 12.9.